The van der Waals surface area contributed by atoms with Crippen LogP contribution >= 0.6 is 15.9 Å². The molecule has 0 unspecified atom stereocenters. The number of nitrogens with zero attached hydrogens (tertiary/aromatic N) is 3. The first kappa shape index (κ1) is 14.5. The van der Waals surface area contributed by atoms with Crippen LogP contribution in [0, 0.1) is 0 Å². The van der Waals surface area contributed by atoms with E-state index in [1.165, 1.54) is 0 Å². The number of aryl methyl sites for hydroxylation is 1. The number of unbranched alkanes of at least 4 members (excludes halogenated alkanes) is 1. The van der Waals surface area contributed by atoms with Gasteiger partial charge in [-0.2, -0.15) is 0 Å². The van der Waals surface area contributed by atoms with E-state index in [9.17, 15) is 4.79 Å². The number of halogens is 1. The molecule has 116 valence electrons. The summed E-state index contributed by atoms with van der Waals surface area (Å²) in [4.78, 5) is 17.8. The molecule has 0 amide bonds. The third-order valence-corrected chi connectivity index (χ3v) is 4.88. The first-order chi connectivity index (χ1) is 11.2. The fraction of sp³-hybridized carbons (Fsp3) is 0.222. The van der Waals surface area contributed by atoms with Crippen molar-refractivity contribution >= 4 is 43.5 Å². The Hall–Kier alpha value is -2.14. The summed E-state index contributed by atoms with van der Waals surface area (Å²) in [5.74, 6) is 0. The van der Waals surface area contributed by atoms with Crippen LogP contribution in [0.5, 0.6) is 0 Å². The number of hydrogen-bond acceptors (Lipinski definition) is 2. The van der Waals surface area contributed by atoms with Gasteiger partial charge >= 0.3 is 0 Å². The van der Waals surface area contributed by atoms with Gasteiger partial charge in [-0.25, -0.2) is 4.98 Å². The van der Waals surface area contributed by atoms with Gasteiger partial charge in [0.05, 0.1) is 5.39 Å². The second-order valence-electron chi connectivity index (χ2n) is 5.69. The van der Waals surface area contributed by atoms with Crippen LogP contribution in [-0.2, 0) is 6.54 Å². The molecule has 0 aliphatic carbocycles. The molecule has 0 fully saturated rings. The SMILES string of the molecule is CCCCn1c(=O)c2cccc(Br)c2c2nc3ccccn3c21. The molecule has 3 aromatic heterocycles. The number of fused-ring (bicyclic) bond motifs is 5. The van der Waals surface area contributed by atoms with E-state index >= 15 is 0 Å². The number of benzene rings is 1. The molecule has 1 aromatic carbocycles. The molecule has 0 atom stereocenters. The predicted octanol–water partition coefficient (Wildman–Crippen LogP) is 4.37. The summed E-state index contributed by atoms with van der Waals surface area (Å²) in [5.41, 5.74) is 2.65. The standard InChI is InChI=1S/C18H16BrN3O/c1-2-3-10-22-17-16(20-14-9-4-5-11-21(14)17)15-12(18(22)23)7-6-8-13(15)19/h4-9,11H,2-3,10H2,1H3. The lowest BCUT2D eigenvalue weighted by Crippen LogP contribution is -2.22. The third-order valence-electron chi connectivity index (χ3n) is 4.22. The zero-order valence-electron chi connectivity index (χ0n) is 12.8. The molecule has 0 aliphatic rings. The van der Waals surface area contributed by atoms with Gasteiger partial charge in [0.25, 0.3) is 5.56 Å². The minimum absolute atomic E-state index is 0.0490. The zero-order chi connectivity index (χ0) is 16.0. The van der Waals surface area contributed by atoms with Crippen molar-refractivity contribution in [3.05, 3.63) is 57.4 Å². The van der Waals surface area contributed by atoms with E-state index in [0.717, 1.165) is 39.5 Å². The number of hydrogen-bond donors (Lipinski definition) is 0. The molecule has 0 saturated heterocycles. The van der Waals surface area contributed by atoms with Crippen LogP contribution in [0.1, 0.15) is 19.8 Å². The van der Waals surface area contributed by atoms with Gasteiger partial charge < -0.3 is 0 Å². The van der Waals surface area contributed by atoms with Gasteiger partial charge in [0.1, 0.15) is 16.8 Å². The van der Waals surface area contributed by atoms with Gasteiger partial charge in [-0.05, 0) is 30.7 Å². The topological polar surface area (TPSA) is 39.3 Å². The first-order valence-corrected chi connectivity index (χ1v) is 8.59. The van der Waals surface area contributed by atoms with Crippen LogP contribution in [0.15, 0.2) is 51.9 Å². The summed E-state index contributed by atoms with van der Waals surface area (Å²) in [6, 6.07) is 11.6. The van der Waals surface area contributed by atoms with Crippen LogP contribution in [0.3, 0.4) is 0 Å². The van der Waals surface area contributed by atoms with Crippen LogP contribution in [0.2, 0.25) is 0 Å². The van der Waals surface area contributed by atoms with Gasteiger partial charge in [0, 0.05) is 22.6 Å². The predicted molar refractivity (Wildman–Crippen MR) is 97.1 cm³/mol. The molecule has 4 aromatic rings. The van der Waals surface area contributed by atoms with Crippen LogP contribution in [-0.4, -0.2) is 14.0 Å². The van der Waals surface area contributed by atoms with Gasteiger partial charge in [-0.15, -0.1) is 0 Å². The molecular weight excluding hydrogens is 354 g/mol. The van der Waals surface area contributed by atoms with Crippen LogP contribution in [0.4, 0.5) is 0 Å². The Balaban J connectivity index is 2.28. The molecule has 4 rings (SSSR count). The highest BCUT2D eigenvalue weighted by Crippen LogP contribution is 2.29. The Morgan fingerprint density at radius 2 is 2.04 bits per heavy atom. The molecule has 0 N–H and O–H groups in total. The lowest BCUT2D eigenvalue weighted by atomic mass is 10.1. The van der Waals surface area contributed by atoms with Crippen molar-refractivity contribution in [1.82, 2.24) is 14.0 Å². The number of rotatable bonds is 3. The zero-order valence-corrected chi connectivity index (χ0v) is 14.4. The smallest absolute Gasteiger partial charge is 0.260 e. The summed E-state index contributed by atoms with van der Waals surface area (Å²) in [6.07, 6.45) is 3.98. The normalized spacial score (nSPS) is 11.7. The number of aromatic nitrogens is 3. The number of pyridine rings is 2. The Bertz CT molecular complexity index is 1090. The van der Waals surface area contributed by atoms with Crippen molar-refractivity contribution in [3.63, 3.8) is 0 Å². The Labute approximate surface area is 141 Å². The van der Waals surface area contributed by atoms with Crippen LogP contribution in [0.25, 0.3) is 27.6 Å². The maximum Gasteiger partial charge on any atom is 0.260 e. The summed E-state index contributed by atoms with van der Waals surface area (Å²) in [6.45, 7) is 2.84. The summed E-state index contributed by atoms with van der Waals surface area (Å²) in [5, 5.41) is 1.61. The van der Waals surface area contributed by atoms with Crippen molar-refractivity contribution < 1.29 is 0 Å². The maximum atomic E-state index is 13.0. The maximum absolute atomic E-state index is 13.0. The van der Waals surface area contributed by atoms with E-state index in [1.807, 2.05) is 51.6 Å². The number of imidazole rings is 1. The Morgan fingerprint density at radius 1 is 1.17 bits per heavy atom. The monoisotopic (exact) mass is 369 g/mol. The van der Waals surface area contributed by atoms with E-state index in [2.05, 4.69) is 22.9 Å². The Kier molecular flexibility index (Phi) is 3.45. The first-order valence-electron chi connectivity index (χ1n) is 7.80. The quantitative estimate of drug-likeness (QED) is 0.537. The molecule has 5 heteroatoms. The van der Waals surface area contributed by atoms with Gasteiger partial charge in [-0.3, -0.25) is 13.8 Å². The highest BCUT2D eigenvalue weighted by Gasteiger charge is 2.17. The summed E-state index contributed by atoms with van der Waals surface area (Å²) in [7, 11) is 0. The molecular formula is C18H16BrN3O. The fourth-order valence-corrected chi connectivity index (χ4v) is 3.67. The second kappa shape index (κ2) is 5.49. The molecule has 23 heavy (non-hydrogen) atoms. The van der Waals surface area contributed by atoms with Crippen molar-refractivity contribution in [2.75, 3.05) is 0 Å². The van der Waals surface area contributed by atoms with Crippen molar-refractivity contribution in [1.29, 1.82) is 0 Å². The lowest BCUT2D eigenvalue weighted by molar-refractivity contribution is 0.629. The van der Waals surface area contributed by atoms with E-state index < -0.39 is 0 Å². The van der Waals surface area contributed by atoms with Crippen molar-refractivity contribution in [2.24, 2.45) is 0 Å². The van der Waals surface area contributed by atoms with E-state index in [1.54, 1.807) is 0 Å². The molecule has 0 bridgehead atoms. The molecule has 0 radical (unpaired) electrons. The molecule has 3 heterocycles. The highest BCUT2D eigenvalue weighted by molar-refractivity contribution is 9.10. The summed E-state index contributed by atoms with van der Waals surface area (Å²) < 4.78 is 4.78. The molecule has 0 aliphatic heterocycles. The average Bonchev–Trinajstić information content (AvgIpc) is 2.94. The molecule has 4 nitrogen and oxygen atoms in total. The second-order valence-corrected chi connectivity index (χ2v) is 6.54. The minimum Gasteiger partial charge on any atom is -0.292 e. The van der Waals surface area contributed by atoms with E-state index in [0.29, 0.717) is 11.9 Å². The lowest BCUT2D eigenvalue weighted by Gasteiger charge is -2.11. The minimum atomic E-state index is 0.0490. The Morgan fingerprint density at radius 3 is 2.87 bits per heavy atom. The highest BCUT2D eigenvalue weighted by atomic mass is 79.9. The summed E-state index contributed by atoms with van der Waals surface area (Å²) >= 11 is 3.59. The van der Waals surface area contributed by atoms with Gasteiger partial charge in [-0.1, -0.05) is 41.4 Å². The van der Waals surface area contributed by atoms with Crippen molar-refractivity contribution in [3.8, 4) is 0 Å². The fourth-order valence-electron chi connectivity index (χ4n) is 3.12. The van der Waals surface area contributed by atoms with E-state index in [-0.39, 0.29) is 5.56 Å². The van der Waals surface area contributed by atoms with Crippen LogP contribution < -0.4 is 5.56 Å². The largest absolute Gasteiger partial charge is 0.292 e. The molecule has 0 saturated carbocycles. The van der Waals surface area contributed by atoms with Gasteiger partial charge in [0.2, 0.25) is 0 Å². The molecule has 0 spiro atoms. The average molecular weight is 370 g/mol. The third kappa shape index (κ3) is 2.10. The van der Waals surface area contributed by atoms with Gasteiger partial charge in [0.15, 0.2) is 0 Å². The van der Waals surface area contributed by atoms with E-state index in [4.69, 9.17) is 4.98 Å². The van der Waals surface area contributed by atoms with Crippen molar-refractivity contribution in [2.45, 2.75) is 26.3 Å².